The van der Waals surface area contributed by atoms with Crippen LogP contribution in [-0.2, 0) is 6.42 Å². The third kappa shape index (κ3) is 2.35. The smallest absolute Gasteiger partial charge is 0.132 e. The highest BCUT2D eigenvalue weighted by molar-refractivity contribution is 5.38. The summed E-state index contributed by atoms with van der Waals surface area (Å²) in [5, 5.41) is 2.19. The van der Waals surface area contributed by atoms with Gasteiger partial charge in [0, 0.05) is 5.56 Å². The van der Waals surface area contributed by atoms with E-state index in [-0.39, 0.29) is 0 Å². The highest BCUT2D eigenvalue weighted by atomic mass is 14.8. The SMILES string of the molecule is CCCCc1ccccc1[NH2+]C. The van der Waals surface area contributed by atoms with Crippen LogP contribution in [0.4, 0.5) is 5.69 Å². The molecule has 0 saturated heterocycles. The quantitative estimate of drug-likeness (QED) is 0.654. The average molecular weight is 164 g/mol. The third-order valence-corrected chi connectivity index (χ3v) is 2.17. The number of nitrogens with two attached hydrogens (primary N) is 1. The molecular formula is C11H18N+. The van der Waals surface area contributed by atoms with Gasteiger partial charge in [-0.3, -0.25) is 0 Å². The molecule has 0 atom stereocenters. The minimum absolute atomic E-state index is 1.22. The number of benzene rings is 1. The van der Waals surface area contributed by atoms with E-state index in [0.29, 0.717) is 0 Å². The van der Waals surface area contributed by atoms with Crippen LogP contribution < -0.4 is 5.32 Å². The van der Waals surface area contributed by atoms with Crippen molar-refractivity contribution in [2.75, 3.05) is 7.05 Å². The van der Waals surface area contributed by atoms with Crippen LogP contribution >= 0.6 is 0 Å². The number of rotatable bonds is 4. The summed E-state index contributed by atoms with van der Waals surface area (Å²) in [6, 6.07) is 8.64. The molecule has 0 aliphatic heterocycles. The predicted octanol–water partition coefficient (Wildman–Crippen LogP) is 1.85. The normalized spacial score (nSPS) is 10.2. The Balaban J connectivity index is 2.68. The second kappa shape index (κ2) is 4.94. The molecule has 0 fully saturated rings. The van der Waals surface area contributed by atoms with Crippen LogP contribution in [0.15, 0.2) is 24.3 Å². The van der Waals surface area contributed by atoms with Crippen LogP contribution in [0.25, 0.3) is 0 Å². The van der Waals surface area contributed by atoms with Crippen molar-refractivity contribution >= 4 is 5.69 Å². The first-order valence-electron chi connectivity index (χ1n) is 4.75. The highest BCUT2D eigenvalue weighted by Crippen LogP contribution is 2.11. The molecule has 0 heterocycles. The Morgan fingerprint density at radius 1 is 1.25 bits per heavy atom. The van der Waals surface area contributed by atoms with Gasteiger partial charge in [0.1, 0.15) is 5.69 Å². The third-order valence-electron chi connectivity index (χ3n) is 2.17. The van der Waals surface area contributed by atoms with Gasteiger partial charge in [-0.2, -0.15) is 0 Å². The van der Waals surface area contributed by atoms with Crippen molar-refractivity contribution in [3.63, 3.8) is 0 Å². The fraction of sp³-hybridized carbons (Fsp3) is 0.455. The lowest BCUT2D eigenvalue weighted by Crippen LogP contribution is -2.73. The second-order valence-corrected chi connectivity index (χ2v) is 3.09. The van der Waals surface area contributed by atoms with Crippen LogP contribution in [0.2, 0.25) is 0 Å². The Bertz CT molecular complexity index is 230. The Morgan fingerprint density at radius 3 is 2.67 bits per heavy atom. The van der Waals surface area contributed by atoms with Crippen molar-refractivity contribution in [1.82, 2.24) is 0 Å². The topological polar surface area (TPSA) is 16.6 Å². The van der Waals surface area contributed by atoms with Gasteiger partial charge in [0.2, 0.25) is 0 Å². The van der Waals surface area contributed by atoms with Gasteiger partial charge in [0.15, 0.2) is 0 Å². The van der Waals surface area contributed by atoms with E-state index in [2.05, 4.69) is 43.6 Å². The van der Waals surface area contributed by atoms with E-state index < -0.39 is 0 Å². The van der Waals surface area contributed by atoms with Crippen LogP contribution in [0.1, 0.15) is 25.3 Å². The summed E-state index contributed by atoms with van der Waals surface area (Å²) in [5.74, 6) is 0. The van der Waals surface area contributed by atoms with Crippen molar-refractivity contribution < 1.29 is 5.32 Å². The molecule has 1 heteroatoms. The zero-order valence-corrected chi connectivity index (χ0v) is 8.01. The first-order valence-corrected chi connectivity index (χ1v) is 4.75. The molecule has 0 aromatic heterocycles. The lowest BCUT2D eigenvalue weighted by atomic mass is 10.1. The fourth-order valence-electron chi connectivity index (χ4n) is 1.41. The van der Waals surface area contributed by atoms with Crippen molar-refractivity contribution in [2.45, 2.75) is 26.2 Å². The number of hydrogen-bond acceptors (Lipinski definition) is 0. The molecule has 12 heavy (non-hydrogen) atoms. The summed E-state index contributed by atoms with van der Waals surface area (Å²) < 4.78 is 0. The van der Waals surface area contributed by atoms with Crippen LogP contribution in [0.5, 0.6) is 0 Å². The number of para-hydroxylation sites is 1. The minimum atomic E-state index is 1.22. The van der Waals surface area contributed by atoms with Crippen molar-refractivity contribution in [2.24, 2.45) is 0 Å². The van der Waals surface area contributed by atoms with Crippen LogP contribution in [0.3, 0.4) is 0 Å². The zero-order valence-electron chi connectivity index (χ0n) is 8.01. The lowest BCUT2D eigenvalue weighted by Gasteiger charge is -2.03. The van der Waals surface area contributed by atoms with Crippen LogP contribution in [0, 0.1) is 0 Å². The van der Waals surface area contributed by atoms with E-state index in [1.165, 1.54) is 30.5 Å². The minimum Gasteiger partial charge on any atom is -0.316 e. The Labute approximate surface area is 74.8 Å². The van der Waals surface area contributed by atoms with E-state index in [1.54, 1.807) is 0 Å². The summed E-state index contributed by atoms with van der Waals surface area (Å²) in [6.07, 6.45) is 3.79. The fourth-order valence-corrected chi connectivity index (χ4v) is 1.41. The molecule has 1 rings (SSSR count). The molecule has 66 valence electrons. The maximum absolute atomic E-state index is 2.23. The molecule has 1 aromatic carbocycles. The summed E-state index contributed by atoms with van der Waals surface area (Å²) in [4.78, 5) is 0. The Hall–Kier alpha value is -0.820. The monoisotopic (exact) mass is 164 g/mol. The van der Waals surface area contributed by atoms with Gasteiger partial charge in [-0.15, -0.1) is 0 Å². The molecule has 0 bridgehead atoms. The molecule has 0 amide bonds. The van der Waals surface area contributed by atoms with Gasteiger partial charge in [-0.1, -0.05) is 31.5 Å². The maximum Gasteiger partial charge on any atom is 0.132 e. The van der Waals surface area contributed by atoms with Gasteiger partial charge in [-0.25, -0.2) is 0 Å². The van der Waals surface area contributed by atoms with Gasteiger partial charge in [0.25, 0.3) is 0 Å². The number of quaternary nitrogens is 1. The van der Waals surface area contributed by atoms with Gasteiger partial charge in [-0.05, 0) is 18.9 Å². The molecular weight excluding hydrogens is 146 g/mol. The summed E-state index contributed by atoms with van der Waals surface area (Å²) >= 11 is 0. The molecule has 0 unspecified atom stereocenters. The first-order chi connectivity index (χ1) is 5.88. The Morgan fingerprint density at radius 2 is 2.00 bits per heavy atom. The molecule has 1 nitrogen and oxygen atoms in total. The van der Waals surface area contributed by atoms with E-state index in [1.807, 2.05) is 0 Å². The van der Waals surface area contributed by atoms with Crippen molar-refractivity contribution in [1.29, 1.82) is 0 Å². The number of aryl methyl sites for hydroxylation is 1. The van der Waals surface area contributed by atoms with E-state index in [9.17, 15) is 0 Å². The summed E-state index contributed by atoms with van der Waals surface area (Å²) in [7, 11) is 2.10. The van der Waals surface area contributed by atoms with Gasteiger partial charge in [0.05, 0.1) is 7.05 Å². The van der Waals surface area contributed by atoms with E-state index >= 15 is 0 Å². The van der Waals surface area contributed by atoms with Crippen molar-refractivity contribution in [3.05, 3.63) is 29.8 Å². The maximum atomic E-state index is 2.23. The molecule has 0 saturated carbocycles. The zero-order chi connectivity index (χ0) is 8.81. The second-order valence-electron chi connectivity index (χ2n) is 3.09. The largest absolute Gasteiger partial charge is 0.316 e. The molecule has 2 N–H and O–H groups in total. The number of unbranched alkanes of at least 4 members (excludes halogenated alkanes) is 1. The van der Waals surface area contributed by atoms with E-state index in [4.69, 9.17) is 0 Å². The van der Waals surface area contributed by atoms with Gasteiger partial charge >= 0.3 is 0 Å². The average Bonchev–Trinajstić information content (AvgIpc) is 2.15. The highest BCUT2D eigenvalue weighted by Gasteiger charge is 2.00. The van der Waals surface area contributed by atoms with E-state index in [0.717, 1.165) is 0 Å². The summed E-state index contributed by atoms with van der Waals surface area (Å²) in [5.41, 5.74) is 2.88. The number of hydrogen-bond donors (Lipinski definition) is 1. The predicted molar refractivity (Wildman–Crippen MR) is 52.6 cm³/mol. The van der Waals surface area contributed by atoms with Crippen molar-refractivity contribution in [3.8, 4) is 0 Å². The first kappa shape index (κ1) is 9.27. The Kier molecular flexibility index (Phi) is 3.81. The van der Waals surface area contributed by atoms with Crippen LogP contribution in [-0.4, -0.2) is 7.05 Å². The molecule has 0 aliphatic carbocycles. The molecule has 0 radical (unpaired) electrons. The standard InChI is InChI=1S/C11H17N/c1-3-4-7-10-8-5-6-9-11(10)12-2/h5-6,8-9,12H,3-4,7H2,1-2H3/p+1. The molecule has 0 aliphatic rings. The molecule has 0 spiro atoms. The lowest BCUT2D eigenvalue weighted by molar-refractivity contribution is -0.540. The van der Waals surface area contributed by atoms with Gasteiger partial charge < -0.3 is 5.32 Å². The molecule has 1 aromatic rings. The summed E-state index contributed by atoms with van der Waals surface area (Å²) in [6.45, 7) is 2.23.